The van der Waals surface area contributed by atoms with Crippen LogP contribution in [-0.2, 0) is 4.74 Å². The van der Waals surface area contributed by atoms with Crippen LogP contribution in [-0.4, -0.2) is 74.0 Å². The monoisotopic (exact) mass is 309 g/mol. The van der Waals surface area contributed by atoms with Crippen LogP contribution in [0.4, 0.5) is 18.0 Å². The molecule has 0 atom stereocenters. The molecule has 0 saturated carbocycles. The molecule has 122 valence electrons. The van der Waals surface area contributed by atoms with Crippen LogP contribution in [0.25, 0.3) is 0 Å². The van der Waals surface area contributed by atoms with Gasteiger partial charge in [0.15, 0.2) is 0 Å². The van der Waals surface area contributed by atoms with Gasteiger partial charge in [-0.1, -0.05) is 0 Å². The molecule has 0 unspecified atom stereocenters. The molecule has 2 saturated heterocycles. The van der Waals surface area contributed by atoms with Gasteiger partial charge < -0.3 is 19.9 Å². The first-order chi connectivity index (χ1) is 9.97. The predicted octanol–water partition coefficient (Wildman–Crippen LogP) is 1.45. The van der Waals surface area contributed by atoms with Gasteiger partial charge in [-0.2, -0.15) is 13.2 Å². The number of piperidine rings is 1. The Kier molecular flexibility index (Phi) is 5.69. The smallest absolute Gasteiger partial charge is 0.372 e. The van der Waals surface area contributed by atoms with Crippen molar-refractivity contribution in [1.29, 1.82) is 0 Å². The van der Waals surface area contributed by atoms with Gasteiger partial charge in [-0.25, -0.2) is 4.79 Å². The van der Waals surface area contributed by atoms with E-state index < -0.39 is 12.8 Å². The number of halogens is 3. The van der Waals surface area contributed by atoms with Gasteiger partial charge in [0.25, 0.3) is 0 Å². The van der Waals surface area contributed by atoms with Crippen molar-refractivity contribution in [1.82, 2.24) is 15.1 Å². The maximum absolute atomic E-state index is 12.2. The van der Waals surface area contributed by atoms with Crippen molar-refractivity contribution in [3.05, 3.63) is 0 Å². The third kappa shape index (κ3) is 5.03. The van der Waals surface area contributed by atoms with E-state index in [0.717, 1.165) is 25.9 Å². The average molecular weight is 309 g/mol. The van der Waals surface area contributed by atoms with E-state index in [2.05, 4.69) is 10.1 Å². The number of alkyl halides is 3. The van der Waals surface area contributed by atoms with Crippen LogP contribution in [0.1, 0.15) is 19.3 Å². The number of hydrogen-bond acceptors (Lipinski definition) is 3. The molecule has 2 heterocycles. The Labute approximate surface area is 122 Å². The number of nitrogens with zero attached hydrogens (tertiary/aromatic N) is 2. The molecular formula is C13H22F3N3O2. The lowest BCUT2D eigenvalue weighted by Crippen LogP contribution is -2.45. The van der Waals surface area contributed by atoms with Crippen molar-refractivity contribution in [2.75, 3.05) is 45.9 Å². The molecule has 0 bridgehead atoms. The third-order valence-corrected chi connectivity index (χ3v) is 3.86. The SMILES string of the molecule is O=C1N(CCCOCC(F)(F)F)CCN1C1CCNCC1. The summed E-state index contributed by atoms with van der Waals surface area (Å²) >= 11 is 0. The molecule has 0 aliphatic carbocycles. The molecule has 2 amide bonds. The number of nitrogens with one attached hydrogen (secondary N) is 1. The van der Waals surface area contributed by atoms with Crippen LogP contribution in [0.2, 0.25) is 0 Å². The second-order valence-electron chi connectivity index (χ2n) is 5.47. The zero-order valence-electron chi connectivity index (χ0n) is 12.0. The number of rotatable bonds is 6. The Morgan fingerprint density at radius 1 is 1.24 bits per heavy atom. The van der Waals surface area contributed by atoms with Gasteiger partial charge in [0, 0.05) is 32.3 Å². The van der Waals surface area contributed by atoms with Gasteiger partial charge in [-0.05, 0) is 32.4 Å². The van der Waals surface area contributed by atoms with E-state index in [1.165, 1.54) is 0 Å². The third-order valence-electron chi connectivity index (χ3n) is 3.86. The highest BCUT2D eigenvalue weighted by Crippen LogP contribution is 2.19. The molecule has 2 aliphatic heterocycles. The molecule has 2 rings (SSSR count). The number of ether oxygens (including phenoxy) is 1. The van der Waals surface area contributed by atoms with Crippen LogP contribution < -0.4 is 5.32 Å². The molecule has 0 aromatic heterocycles. The minimum absolute atomic E-state index is 0.0118. The standard InChI is InChI=1S/C13H22F3N3O2/c14-13(15,16)10-21-9-1-6-18-7-8-19(12(18)20)11-2-4-17-5-3-11/h11,17H,1-10H2. The Hall–Kier alpha value is -1.02. The molecule has 2 aliphatic rings. The minimum Gasteiger partial charge on any atom is -0.372 e. The van der Waals surface area contributed by atoms with Crippen LogP contribution in [0.15, 0.2) is 0 Å². The number of carbonyl (C=O) groups excluding carboxylic acids is 1. The van der Waals surface area contributed by atoms with Crippen molar-refractivity contribution < 1.29 is 22.7 Å². The van der Waals surface area contributed by atoms with Gasteiger partial charge in [-0.3, -0.25) is 0 Å². The van der Waals surface area contributed by atoms with Gasteiger partial charge in [0.1, 0.15) is 6.61 Å². The van der Waals surface area contributed by atoms with Crippen molar-refractivity contribution in [3.8, 4) is 0 Å². The first kappa shape index (κ1) is 16.4. The highest BCUT2D eigenvalue weighted by molar-refractivity contribution is 5.76. The number of urea groups is 1. The van der Waals surface area contributed by atoms with E-state index in [0.29, 0.717) is 32.1 Å². The lowest BCUT2D eigenvalue weighted by Gasteiger charge is -2.31. The average Bonchev–Trinajstić information content (AvgIpc) is 2.80. The molecule has 0 aromatic carbocycles. The second kappa shape index (κ2) is 7.31. The lowest BCUT2D eigenvalue weighted by atomic mass is 10.1. The van der Waals surface area contributed by atoms with E-state index in [9.17, 15) is 18.0 Å². The van der Waals surface area contributed by atoms with Gasteiger partial charge >= 0.3 is 12.2 Å². The van der Waals surface area contributed by atoms with Gasteiger partial charge in [-0.15, -0.1) is 0 Å². The van der Waals surface area contributed by atoms with Crippen LogP contribution in [0, 0.1) is 0 Å². The Bertz CT molecular complexity index is 346. The molecule has 0 aromatic rings. The summed E-state index contributed by atoms with van der Waals surface area (Å²) in [6, 6.07) is 0.308. The summed E-state index contributed by atoms with van der Waals surface area (Å²) in [6.45, 7) is 2.49. The van der Waals surface area contributed by atoms with Crippen LogP contribution in [0.3, 0.4) is 0 Å². The highest BCUT2D eigenvalue weighted by atomic mass is 19.4. The fourth-order valence-corrected chi connectivity index (χ4v) is 2.81. The van der Waals surface area contributed by atoms with E-state index in [1.54, 1.807) is 4.90 Å². The minimum atomic E-state index is -4.28. The lowest BCUT2D eigenvalue weighted by molar-refractivity contribution is -0.174. The van der Waals surface area contributed by atoms with Gasteiger partial charge in [0.05, 0.1) is 0 Å². The number of carbonyl (C=O) groups is 1. The van der Waals surface area contributed by atoms with Crippen molar-refractivity contribution in [2.24, 2.45) is 0 Å². The first-order valence-corrected chi connectivity index (χ1v) is 7.38. The fourth-order valence-electron chi connectivity index (χ4n) is 2.81. The summed E-state index contributed by atoms with van der Waals surface area (Å²) in [5.74, 6) is 0. The fraction of sp³-hybridized carbons (Fsp3) is 0.923. The molecule has 0 radical (unpaired) electrons. The number of amides is 2. The Morgan fingerprint density at radius 2 is 1.95 bits per heavy atom. The molecule has 1 N–H and O–H groups in total. The summed E-state index contributed by atoms with van der Waals surface area (Å²) in [5.41, 5.74) is 0. The van der Waals surface area contributed by atoms with Crippen LogP contribution >= 0.6 is 0 Å². The summed E-state index contributed by atoms with van der Waals surface area (Å²) in [5, 5.41) is 3.26. The first-order valence-electron chi connectivity index (χ1n) is 7.38. The molecular weight excluding hydrogens is 287 g/mol. The topological polar surface area (TPSA) is 44.8 Å². The molecule has 0 spiro atoms. The van der Waals surface area contributed by atoms with E-state index >= 15 is 0 Å². The maximum Gasteiger partial charge on any atom is 0.411 e. The normalized spacial score (nSPS) is 21.4. The quantitative estimate of drug-likeness (QED) is 0.755. The van der Waals surface area contributed by atoms with E-state index in [4.69, 9.17) is 0 Å². The Balaban J connectivity index is 1.65. The van der Waals surface area contributed by atoms with Crippen molar-refractivity contribution in [2.45, 2.75) is 31.5 Å². The molecule has 5 nitrogen and oxygen atoms in total. The molecule has 21 heavy (non-hydrogen) atoms. The van der Waals surface area contributed by atoms with Crippen molar-refractivity contribution in [3.63, 3.8) is 0 Å². The zero-order valence-corrected chi connectivity index (χ0v) is 12.0. The molecule has 2 fully saturated rings. The highest BCUT2D eigenvalue weighted by Gasteiger charge is 2.33. The zero-order chi connectivity index (χ0) is 15.3. The maximum atomic E-state index is 12.2. The number of hydrogen-bond donors (Lipinski definition) is 1. The summed E-state index contributed by atoms with van der Waals surface area (Å²) in [6.07, 6.45) is -1.92. The summed E-state index contributed by atoms with van der Waals surface area (Å²) in [4.78, 5) is 15.8. The molecule has 8 heteroatoms. The Morgan fingerprint density at radius 3 is 2.62 bits per heavy atom. The summed E-state index contributed by atoms with van der Waals surface area (Å²) in [7, 11) is 0. The predicted molar refractivity (Wildman–Crippen MR) is 71.1 cm³/mol. The van der Waals surface area contributed by atoms with E-state index in [-0.39, 0.29) is 12.6 Å². The summed E-state index contributed by atoms with van der Waals surface area (Å²) < 4.78 is 40.3. The van der Waals surface area contributed by atoms with Crippen molar-refractivity contribution >= 4 is 6.03 Å². The van der Waals surface area contributed by atoms with Gasteiger partial charge in [0.2, 0.25) is 0 Å². The largest absolute Gasteiger partial charge is 0.411 e. The van der Waals surface area contributed by atoms with E-state index in [1.807, 2.05) is 4.90 Å². The van der Waals surface area contributed by atoms with Crippen LogP contribution in [0.5, 0.6) is 0 Å². The second-order valence-corrected chi connectivity index (χ2v) is 5.47.